The highest BCUT2D eigenvalue weighted by Gasteiger charge is 2.19. The molecule has 2 aromatic rings. The van der Waals surface area contributed by atoms with Crippen LogP contribution < -0.4 is 0 Å². The third kappa shape index (κ3) is 2.24. The van der Waals surface area contributed by atoms with E-state index in [4.69, 9.17) is 4.42 Å². The van der Waals surface area contributed by atoms with Crippen LogP contribution in [-0.4, -0.2) is 23.5 Å². The van der Waals surface area contributed by atoms with Gasteiger partial charge in [-0.25, -0.2) is 0 Å². The first-order valence-corrected chi connectivity index (χ1v) is 6.60. The van der Waals surface area contributed by atoms with Crippen LogP contribution in [0.4, 0.5) is 0 Å². The third-order valence-electron chi connectivity index (χ3n) is 2.44. The molecule has 17 heavy (non-hydrogen) atoms. The minimum Gasteiger partial charge on any atom is -0.469 e. The van der Waals surface area contributed by atoms with E-state index < -0.39 is 16.8 Å². The number of methoxy groups -OCH3 is 1. The van der Waals surface area contributed by atoms with Gasteiger partial charge in [0.25, 0.3) is 0 Å². The SMILES string of the molecule is COC(=O)Cc1oc2ccccc2c1S(C)=O. The lowest BCUT2D eigenvalue weighted by Gasteiger charge is -1.98. The van der Waals surface area contributed by atoms with Gasteiger partial charge in [-0.05, 0) is 12.1 Å². The van der Waals surface area contributed by atoms with Gasteiger partial charge in [-0.2, -0.15) is 0 Å². The molecule has 0 aliphatic carbocycles. The lowest BCUT2D eigenvalue weighted by molar-refractivity contribution is -0.140. The molecule has 1 atom stereocenters. The predicted molar refractivity (Wildman–Crippen MR) is 64.3 cm³/mol. The molecule has 90 valence electrons. The van der Waals surface area contributed by atoms with Crippen molar-refractivity contribution in [1.29, 1.82) is 0 Å². The number of carbonyl (C=O) groups excluding carboxylic acids is 1. The second kappa shape index (κ2) is 4.71. The van der Waals surface area contributed by atoms with Crippen LogP contribution in [0.2, 0.25) is 0 Å². The normalized spacial score (nSPS) is 12.6. The standard InChI is InChI=1S/C12H12O4S/c1-15-11(13)7-10-12(17(2)14)8-5-3-4-6-9(8)16-10/h3-6H,7H2,1-2H3. The van der Waals surface area contributed by atoms with Gasteiger partial charge in [0, 0.05) is 11.6 Å². The number of carbonyl (C=O) groups is 1. The quantitative estimate of drug-likeness (QED) is 0.783. The van der Waals surface area contributed by atoms with Gasteiger partial charge in [-0.1, -0.05) is 12.1 Å². The van der Waals surface area contributed by atoms with Crippen molar-refractivity contribution >= 4 is 27.7 Å². The van der Waals surface area contributed by atoms with E-state index in [1.807, 2.05) is 18.2 Å². The summed E-state index contributed by atoms with van der Waals surface area (Å²) in [5, 5.41) is 0.784. The fourth-order valence-electron chi connectivity index (χ4n) is 1.71. The number of ether oxygens (including phenoxy) is 1. The zero-order valence-electron chi connectivity index (χ0n) is 9.56. The minimum absolute atomic E-state index is 0.0000926. The summed E-state index contributed by atoms with van der Waals surface area (Å²) in [5.74, 6) is 0.00893. The van der Waals surface area contributed by atoms with E-state index >= 15 is 0 Å². The molecule has 0 spiro atoms. The van der Waals surface area contributed by atoms with Gasteiger partial charge in [0.2, 0.25) is 0 Å². The molecule has 1 unspecified atom stereocenters. The van der Waals surface area contributed by atoms with Gasteiger partial charge in [-0.3, -0.25) is 9.00 Å². The van der Waals surface area contributed by atoms with Crippen molar-refractivity contribution in [3.8, 4) is 0 Å². The lowest BCUT2D eigenvalue weighted by Crippen LogP contribution is -2.05. The molecule has 1 heterocycles. The Bertz CT molecular complexity index is 585. The summed E-state index contributed by atoms with van der Waals surface area (Å²) in [6, 6.07) is 7.29. The molecule has 1 aromatic heterocycles. The number of rotatable bonds is 3. The highest BCUT2D eigenvalue weighted by Crippen LogP contribution is 2.28. The molecule has 0 saturated carbocycles. The molecule has 0 bridgehead atoms. The Morgan fingerprint density at radius 1 is 1.41 bits per heavy atom. The van der Waals surface area contributed by atoms with Crippen molar-refractivity contribution < 1.29 is 18.2 Å². The smallest absolute Gasteiger partial charge is 0.313 e. The van der Waals surface area contributed by atoms with Crippen molar-refractivity contribution in [3.05, 3.63) is 30.0 Å². The van der Waals surface area contributed by atoms with E-state index in [1.54, 1.807) is 12.3 Å². The first kappa shape index (κ1) is 11.9. The second-order valence-electron chi connectivity index (χ2n) is 3.56. The number of furan rings is 1. The van der Waals surface area contributed by atoms with E-state index in [0.717, 1.165) is 5.39 Å². The van der Waals surface area contributed by atoms with Crippen LogP contribution >= 0.6 is 0 Å². The summed E-state index contributed by atoms with van der Waals surface area (Å²) in [5.41, 5.74) is 0.636. The average molecular weight is 252 g/mol. The van der Waals surface area contributed by atoms with Crippen LogP contribution in [0, 0.1) is 0 Å². The zero-order valence-corrected chi connectivity index (χ0v) is 10.4. The van der Waals surface area contributed by atoms with Gasteiger partial charge >= 0.3 is 5.97 Å². The minimum atomic E-state index is -1.20. The average Bonchev–Trinajstić information content (AvgIpc) is 2.66. The summed E-state index contributed by atoms with van der Waals surface area (Å²) in [6.07, 6.45) is 1.57. The topological polar surface area (TPSA) is 56.5 Å². The molecule has 0 N–H and O–H groups in total. The maximum atomic E-state index is 11.7. The zero-order chi connectivity index (χ0) is 12.4. The first-order chi connectivity index (χ1) is 8.13. The number of para-hydroxylation sites is 1. The Hall–Kier alpha value is -1.62. The van der Waals surface area contributed by atoms with Crippen molar-refractivity contribution in [2.45, 2.75) is 11.3 Å². The van der Waals surface area contributed by atoms with Gasteiger partial charge in [0.15, 0.2) is 0 Å². The molecule has 5 heteroatoms. The molecule has 0 aliphatic rings. The van der Waals surface area contributed by atoms with E-state index in [9.17, 15) is 9.00 Å². The van der Waals surface area contributed by atoms with Crippen LogP contribution in [0.25, 0.3) is 11.0 Å². The van der Waals surface area contributed by atoms with Crippen LogP contribution in [0.3, 0.4) is 0 Å². The van der Waals surface area contributed by atoms with Crippen LogP contribution in [0.5, 0.6) is 0 Å². The van der Waals surface area contributed by atoms with Crippen molar-refractivity contribution in [3.63, 3.8) is 0 Å². The van der Waals surface area contributed by atoms with Gasteiger partial charge in [0.1, 0.15) is 17.8 Å². The van der Waals surface area contributed by atoms with Crippen LogP contribution in [0.1, 0.15) is 5.76 Å². The molecule has 1 aromatic carbocycles. The van der Waals surface area contributed by atoms with Gasteiger partial charge in [0.05, 0.1) is 22.8 Å². The lowest BCUT2D eigenvalue weighted by atomic mass is 10.2. The molecule has 4 nitrogen and oxygen atoms in total. The molecule has 0 aliphatic heterocycles. The predicted octanol–water partition coefficient (Wildman–Crippen LogP) is 1.89. The van der Waals surface area contributed by atoms with Crippen LogP contribution in [-0.2, 0) is 26.8 Å². The van der Waals surface area contributed by atoms with Crippen LogP contribution in [0.15, 0.2) is 33.6 Å². The Labute approximate surface area is 101 Å². The molecule has 0 saturated heterocycles. The fraction of sp³-hybridized carbons (Fsp3) is 0.250. The third-order valence-corrected chi connectivity index (χ3v) is 3.46. The molecular formula is C12H12O4S. The molecule has 0 amide bonds. The summed E-state index contributed by atoms with van der Waals surface area (Å²) in [6.45, 7) is 0. The number of esters is 1. The molecule has 2 rings (SSSR count). The van der Waals surface area contributed by atoms with E-state index in [0.29, 0.717) is 16.2 Å². The first-order valence-electron chi connectivity index (χ1n) is 5.04. The van der Waals surface area contributed by atoms with Crippen molar-refractivity contribution in [1.82, 2.24) is 0 Å². The summed E-state index contributed by atoms with van der Waals surface area (Å²) < 4.78 is 21.8. The van der Waals surface area contributed by atoms with Gasteiger partial charge < -0.3 is 9.15 Å². The number of benzene rings is 1. The number of hydrogen-bond acceptors (Lipinski definition) is 4. The van der Waals surface area contributed by atoms with E-state index in [2.05, 4.69) is 4.74 Å². The Kier molecular flexibility index (Phi) is 3.28. The van der Waals surface area contributed by atoms with Crippen molar-refractivity contribution in [2.75, 3.05) is 13.4 Å². The highest BCUT2D eigenvalue weighted by atomic mass is 32.2. The van der Waals surface area contributed by atoms with E-state index in [1.165, 1.54) is 7.11 Å². The summed E-state index contributed by atoms with van der Waals surface area (Å²) in [4.78, 5) is 11.8. The highest BCUT2D eigenvalue weighted by molar-refractivity contribution is 7.84. The van der Waals surface area contributed by atoms with Gasteiger partial charge in [-0.15, -0.1) is 0 Å². The Morgan fingerprint density at radius 2 is 2.12 bits per heavy atom. The molecule has 0 fully saturated rings. The van der Waals surface area contributed by atoms with E-state index in [-0.39, 0.29) is 6.42 Å². The van der Waals surface area contributed by atoms with Crippen molar-refractivity contribution in [2.24, 2.45) is 0 Å². The Balaban J connectivity index is 2.57. The second-order valence-corrected chi connectivity index (χ2v) is 4.87. The summed E-state index contributed by atoms with van der Waals surface area (Å²) in [7, 11) is 0.109. The number of hydrogen-bond donors (Lipinski definition) is 0. The largest absolute Gasteiger partial charge is 0.469 e. The fourth-order valence-corrected chi connectivity index (χ4v) is 2.62. The summed E-state index contributed by atoms with van der Waals surface area (Å²) >= 11 is 0. The molecule has 0 radical (unpaired) electrons. The maximum Gasteiger partial charge on any atom is 0.313 e. The number of fused-ring (bicyclic) bond motifs is 1. The molecular weight excluding hydrogens is 240 g/mol. The maximum absolute atomic E-state index is 11.7. The Morgan fingerprint density at radius 3 is 2.76 bits per heavy atom. The monoisotopic (exact) mass is 252 g/mol.